The molecule has 1 aromatic rings. The fraction of sp³-hybridized carbons (Fsp3) is 0.625. The molecule has 20 heavy (non-hydrogen) atoms. The lowest BCUT2D eigenvalue weighted by atomic mass is 9.86. The summed E-state index contributed by atoms with van der Waals surface area (Å²) in [5, 5.41) is 10.7. The van der Waals surface area contributed by atoms with E-state index in [1.165, 1.54) is 5.56 Å². The molecule has 2 fully saturated rings. The van der Waals surface area contributed by atoms with Gasteiger partial charge in [-0.2, -0.15) is 0 Å². The van der Waals surface area contributed by atoms with Crippen molar-refractivity contribution in [2.75, 3.05) is 20.3 Å². The first-order chi connectivity index (χ1) is 9.71. The molecule has 4 nitrogen and oxygen atoms in total. The molecule has 2 aliphatic rings. The van der Waals surface area contributed by atoms with Gasteiger partial charge in [0.05, 0.1) is 13.2 Å². The molecule has 4 heteroatoms. The topological polar surface area (TPSA) is 41.9 Å². The van der Waals surface area contributed by atoms with Crippen LogP contribution in [-0.4, -0.2) is 48.2 Å². The molecule has 0 bridgehead atoms. The molecule has 1 spiro atoms. The van der Waals surface area contributed by atoms with Crippen LogP contribution < -0.4 is 0 Å². The zero-order valence-corrected chi connectivity index (χ0v) is 12.0. The van der Waals surface area contributed by atoms with Gasteiger partial charge in [-0.15, -0.1) is 0 Å². The summed E-state index contributed by atoms with van der Waals surface area (Å²) in [6.07, 6.45) is 2.23. The summed E-state index contributed by atoms with van der Waals surface area (Å²) < 4.78 is 11.5. The summed E-state index contributed by atoms with van der Waals surface area (Å²) in [5.74, 6) is -0.756. The summed E-state index contributed by atoms with van der Waals surface area (Å²) in [6, 6.07) is 10.4. The Bertz CT molecular complexity index is 431. The quantitative estimate of drug-likeness (QED) is 0.914. The second-order valence-electron chi connectivity index (χ2n) is 5.81. The predicted molar refractivity (Wildman–Crippen MR) is 76.2 cm³/mol. The zero-order valence-electron chi connectivity index (χ0n) is 12.0. The number of rotatable bonds is 3. The van der Waals surface area contributed by atoms with Gasteiger partial charge in [-0.1, -0.05) is 30.3 Å². The van der Waals surface area contributed by atoms with Gasteiger partial charge >= 0.3 is 0 Å². The first kappa shape index (κ1) is 14.0. The molecule has 1 saturated carbocycles. The molecule has 0 aromatic heterocycles. The number of aliphatic hydroxyl groups excluding tert-OH is 1. The standard InChI is InChI=1S/C16H23NO3/c1-17(12-13-6-3-2-4-7-13)14-8-5-9-16(15(14)18)19-10-11-20-16/h2-4,6-7,14-15,18H,5,8-12H2,1H3/t14-,15+/m1/s1. The lowest BCUT2D eigenvalue weighted by Crippen LogP contribution is -2.57. The minimum Gasteiger partial charge on any atom is -0.386 e. The van der Waals surface area contributed by atoms with Crippen molar-refractivity contribution in [3.8, 4) is 0 Å². The molecule has 0 radical (unpaired) electrons. The van der Waals surface area contributed by atoms with E-state index >= 15 is 0 Å². The number of hydrogen-bond donors (Lipinski definition) is 1. The van der Waals surface area contributed by atoms with E-state index in [0.717, 1.165) is 25.8 Å². The van der Waals surface area contributed by atoms with Crippen LogP contribution >= 0.6 is 0 Å². The minimum atomic E-state index is -0.756. The van der Waals surface area contributed by atoms with Crippen LogP contribution in [0.15, 0.2) is 30.3 Å². The largest absolute Gasteiger partial charge is 0.386 e. The Hall–Kier alpha value is -0.940. The van der Waals surface area contributed by atoms with Gasteiger partial charge in [0.25, 0.3) is 0 Å². The average molecular weight is 277 g/mol. The van der Waals surface area contributed by atoms with E-state index in [9.17, 15) is 5.11 Å². The van der Waals surface area contributed by atoms with Gasteiger partial charge in [-0.05, 0) is 25.5 Å². The second kappa shape index (κ2) is 5.82. The van der Waals surface area contributed by atoms with Crippen molar-refractivity contribution in [1.29, 1.82) is 0 Å². The summed E-state index contributed by atoms with van der Waals surface area (Å²) in [5.41, 5.74) is 1.26. The third-order valence-electron chi connectivity index (χ3n) is 4.46. The van der Waals surface area contributed by atoms with Crippen LogP contribution in [0, 0.1) is 0 Å². The highest BCUT2D eigenvalue weighted by Crippen LogP contribution is 2.38. The lowest BCUT2D eigenvalue weighted by Gasteiger charge is -2.44. The first-order valence-corrected chi connectivity index (χ1v) is 7.41. The molecule has 2 atom stereocenters. The van der Waals surface area contributed by atoms with Crippen LogP contribution in [-0.2, 0) is 16.0 Å². The molecule has 1 heterocycles. The Morgan fingerprint density at radius 1 is 1.25 bits per heavy atom. The fourth-order valence-electron chi connectivity index (χ4n) is 3.39. The highest BCUT2D eigenvalue weighted by atomic mass is 16.7. The van der Waals surface area contributed by atoms with Crippen molar-refractivity contribution < 1.29 is 14.6 Å². The van der Waals surface area contributed by atoms with Crippen LogP contribution in [0.4, 0.5) is 0 Å². The van der Waals surface area contributed by atoms with E-state index in [-0.39, 0.29) is 6.04 Å². The Morgan fingerprint density at radius 2 is 1.95 bits per heavy atom. The van der Waals surface area contributed by atoms with Gasteiger partial charge in [0.15, 0.2) is 5.79 Å². The van der Waals surface area contributed by atoms with E-state index in [2.05, 4.69) is 24.1 Å². The Labute approximate surface area is 120 Å². The Morgan fingerprint density at radius 3 is 2.65 bits per heavy atom. The number of nitrogens with zero attached hydrogens (tertiary/aromatic N) is 1. The maximum Gasteiger partial charge on any atom is 0.196 e. The van der Waals surface area contributed by atoms with Crippen molar-refractivity contribution >= 4 is 0 Å². The van der Waals surface area contributed by atoms with Crippen LogP contribution in [0.5, 0.6) is 0 Å². The molecule has 1 aliphatic heterocycles. The summed E-state index contributed by atoms with van der Waals surface area (Å²) >= 11 is 0. The number of aliphatic hydroxyl groups is 1. The van der Waals surface area contributed by atoms with Gasteiger partial charge in [-0.25, -0.2) is 0 Å². The molecular weight excluding hydrogens is 254 g/mol. The Balaban J connectivity index is 1.69. The van der Waals surface area contributed by atoms with Crippen LogP contribution in [0.1, 0.15) is 24.8 Å². The maximum atomic E-state index is 10.7. The SMILES string of the molecule is CN(Cc1ccccc1)[C@@H]1CCCC2(OCCO2)[C@H]1O. The highest BCUT2D eigenvalue weighted by Gasteiger charge is 2.50. The normalized spacial score (nSPS) is 29.1. The molecule has 1 aliphatic carbocycles. The Kier molecular flexibility index (Phi) is 4.08. The molecule has 0 amide bonds. The molecule has 0 unspecified atom stereocenters. The van der Waals surface area contributed by atoms with Gasteiger partial charge in [0.2, 0.25) is 0 Å². The molecule has 3 rings (SSSR count). The van der Waals surface area contributed by atoms with E-state index in [1.54, 1.807) is 0 Å². The van der Waals surface area contributed by atoms with Gasteiger partial charge in [-0.3, -0.25) is 4.90 Å². The van der Waals surface area contributed by atoms with Gasteiger partial charge in [0.1, 0.15) is 6.10 Å². The smallest absolute Gasteiger partial charge is 0.196 e. The van der Waals surface area contributed by atoms with Crippen molar-refractivity contribution in [1.82, 2.24) is 4.90 Å². The molecule has 1 N–H and O–H groups in total. The van der Waals surface area contributed by atoms with Gasteiger partial charge in [0, 0.05) is 19.0 Å². The molecule has 1 saturated heterocycles. The molecular formula is C16H23NO3. The third-order valence-corrected chi connectivity index (χ3v) is 4.46. The number of likely N-dealkylation sites (N-methyl/N-ethyl adjacent to an activating group) is 1. The van der Waals surface area contributed by atoms with E-state index in [0.29, 0.717) is 13.2 Å². The average Bonchev–Trinajstić information content (AvgIpc) is 2.93. The van der Waals surface area contributed by atoms with Crippen molar-refractivity contribution in [2.45, 2.75) is 43.7 Å². The molecule has 110 valence electrons. The lowest BCUT2D eigenvalue weighted by molar-refractivity contribution is -0.251. The van der Waals surface area contributed by atoms with E-state index in [1.807, 2.05) is 18.2 Å². The highest BCUT2D eigenvalue weighted by molar-refractivity contribution is 5.14. The maximum absolute atomic E-state index is 10.7. The van der Waals surface area contributed by atoms with Crippen LogP contribution in [0.3, 0.4) is 0 Å². The van der Waals surface area contributed by atoms with E-state index in [4.69, 9.17) is 9.47 Å². The third kappa shape index (κ3) is 2.61. The summed E-state index contributed by atoms with van der Waals surface area (Å²) in [6.45, 7) is 2.01. The van der Waals surface area contributed by atoms with Crippen molar-refractivity contribution in [2.24, 2.45) is 0 Å². The number of hydrogen-bond acceptors (Lipinski definition) is 4. The monoisotopic (exact) mass is 277 g/mol. The van der Waals surface area contributed by atoms with Crippen LogP contribution in [0.2, 0.25) is 0 Å². The number of benzene rings is 1. The molecule has 1 aromatic carbocycles. The summed E-state index contributed by atoms with van der Waals surface area (Å²) in [7, 11) is 2.06. The van der Waals surface area contributed by atoms with Gasteiger partial charge < -0.3 is 14.6 Å². The van der Waals surface area contributed by atoms with E-state index < -0.39 is 11.9 Å². The van der Waals surface area contributed by atoms with Crippen LogP contribution in [0.25, 0.3) is 0 Å². The predicted octanol–water partition coefficient (Wildman–Crippen LogP) is 1.77. The summed E-state index contributed by atoms with van der Waals surface area (Å²) in [4.78, 5) is 2.21. The second-order valence-corrected chi connectivity index (χ2v) is 5.81. The first-order valence-electron chi connectivity index (χ1n) is 7.41. The minimum absolute atomic E-state index is 0.0852. The van der Waals surface area contributed by atoms with Crippen molar-refractivity contribution in [3.05, 3.63) is 35.9 Å². The number of ether oxygens (including phenoxy) is 2. The zero-order chi connectivity index (χ0) is 14.0. The van der Waals surface area contributed by atoms with Crippen molar-refractivity contribution in [3.63, 3.8) is 0 Å². The fourth-order valence-corrected chi connectivity index (χ4v) is 3.39.